The van der Waals surface area contributed by atoms with Crippen molar-refractivity contribution >= 4 is 17.5 Å². The Hall–Kier alpha value is -2.62. The Morgan fingerprint density at radius 1 is 1.08 bits per heavy atom. The minimum atomic E-state index is -0.405. The van der Waals surface area contributed by atoms with E-state index in [1.807, 2.05) is 62.4 Å². The molecule has 3 rings (SSSR count). The van der Waals surface area contributed by atoms with Crippen molar-refractivity contribution in [1.29, 1.82) is 0 Å². The first kappa shape index (κ1) is 16.2. The van der Waals surface area contributed by atoms with Crippen molar-refractivity contribution in [2.75, 3.05) is 11.9 Å². The molecule has 1 saturated heterocycles. The van der Waals surface area contributed by atoms with E-state index >= 15 is 0 Å². The molecule has 1 fully saturated rings. The molecule has 0 aromatic heterocycles. The molecule has 1 heterocycles. The highest BCUT2D eigenvalue weighted by molar-refractivity contribution is 6.02. The Bertz CT molecular complexity index is 770. The normalized spacial score (nSPS) is 16.9. The minimum Gasteiger partial charge on any atom is -0.327 e. The van der Waals surface area contributed by atoms with Gasteiger partial charge in [0.2, 0.25) is 5.91 Å². The van der Waals surface area contributed by atoms with E-state index in [0.717, 1.165) is 23.2 Å². The lowest BCUT2D eigenvalue weighted by Gasteiger charge is -2.24. The number of hydrogen-bond acceptors (Lipinski definition) is 2. The molecule has 4 heteroatoms. The van der Waals surface area contributed by atoms with Gasteiger partial charge in [-0.3, -0.25) is 9.59 Å². The van der Waals surface area contributed by atoms with Gasteiger partial charge in [-0.05, 0) is 56.0 Å². The molecule has 24 heavy (non-hydrogen) atoms. The number of nitrogens with one attached hydrogen (secondary N) is 1. The molecule has 0 aliphatic carbocycles. The van der Waals surface area contributed by atoms with Gasteiger partial charge in [0.25, 0.3) is 5.91 Å². The first-order valence-electron chi connectivity index (χ1n) is 8.30. The number of benzene rings is 2. The molecule has 1 N–H and O–H groups in total. The van der Waals surface area contributed by atoms with Crippen molar-refractivity contribution < 1.29 is 9.59 Å². The van der Waals surface area contributed by atoms with E-state index in [9.17, 15) is 9.59 Å². The van der Waals surface area contributed by atoms with Gasteiger partial charge < -0.3 is 10.2 Å². The first-order chi connectivity index (χ1) is 11.6. The molecule has 124 valence electrons. The molecule has 2 amide bonds. The summed E-state index contributed by atoms with van der Waals surface area (Å²) in [6.07, 6.45) is 1.55. The van der Waals surface area contributed by atoms with Crippen LogP contribution in [0, 0.1) is 13.8 Å². The molecule has 2 aromatic carbocycles. The van der Waals surface area contributed by atoms with Crippen LogP contribution in [0.2, 0.25) is 0 Å². The van der Waals surface area contributed by atoms with Gasteiger partial charge in [0.15, 0.2) is 0 Å². The largest absolute Gasteiger partial charge is 0.327 e. The summed E-state index contributed by atoms with van der Waals surface area (Å²) in [5.74, 6) is -0.171. The Labute approximate surface area is 142 Å². The van der Waals surface area contributed by atoms with Crippen LogP contribution in [0.3, 0.4) is 0 Å². The van der Waals surface area contributed by atoms with Crippen LogP contribution in [0.5, 0.6) is 0 Å². The van der Waals surface area contributed by atoms with Gasteiger partial charge in [-0.2, -0.15) is 0 Å². The van der Waals surface area contributed by atoms with Crippen molar-refractivity contribution in [2.24, 2.45) is 0 Å². The lowest BCUT2D eigenvalue weighted by Crippen LogP contribution is -2.43. The number of likely N-dealkylation sites (tertiary alicyclic amines) is 1. The van der Waals surface area contributed by atoms with E-state index in [4.69, 9.17) is 0 Å². The van der Waals surface area contributed by atoms with E-state index in [-0.39, 0.29) is 11.8 Å². The van der Waals surface area contributed by atoms with E-state index < -0.39 is 6.04 Å². The predicted molar refractivity (Wildman–Crippen MR) is 95.0 cm³/mol. The Morgan fingerprint density at radius 3 is 2.62 bits per heavy atom. The summed E-state index contributed by atoms with van der Waals surface area (Å²) in [6, 6.07) is 14.8. The van der Waals surface area contributed by atoms with E-state index in [1.165, 1.54) is 0 Å². The van der Waals surface area contributed by atoms with Crippen LogP contribution in [-0.4, -0.2) is 29.3 Å². The molecule has 0 spiro atoms. The third-order valence-corrected chi connectivity index (χ3v) is 4.48. The Kier molecular flexibility index (Phi) is 4.65. The number of anilines is 1. The minimum absolute atomic E-state index is 0.0602. The highest BCUT2D eigenvalue weighted by Gasteiger charge is 2.34. The number of nitrogens with zero attached hydrogens (tertiary/aromatic N) is 1. The lowest BCUT2D eigenvalue weighted by molar-refractivity contribution is -0.119. The van der Waals surface area contributed by atoms with Crippen LogP contribution in [0.1, 0.15) is 34.3 Å². The van der Waals surface area contributed by atoms with E-state index in [2.05, 4.69) is 5.32 Å². The van der Waals surface area contributed by atoms with Gasteiger partial charge in [-0.1, -0.05) is 30.3 Å². The molecule has 0 radical (unpaired) electrons. The van der Waals surface area contributed by atoms with Crippen molar-refractivity contribution in [1.82, 2.24) is 4.90 Å². The van der Waals surface area contributed by atoms with Crippen LogP contribution in [-0.2, 0) is 4.79 Å². The predicted octanol–water partition coefficient (Wildman–Crippen LogP) is 3.55. The second-order valence-corrected chi connectivity index (χ2v) is 6.33. The zero-order valence-electron chi connectivity index (χ0n) is 14.1. The maximum absolute atomic E-state index is 12.8. The Balaban J connectivity index is 1.76. The summed E-state index contributed by atoms with van der Waals surface area (Å²) in [5, 5.41) is 2.94. The highest BCUT2D eigenvalue weighted by atomic mass is 16.2. The van der Waals surface area contributed by atoms with Crippen LogP contribution >= 0.6 is 0 Å². The van der Waals surface area contributed by atoms with Gasteiger partial charge in [0.1, 0.15) is 6.04 Å². The first-order valence-corrected chi connectivity index (χ1v) is 8.30. The number of amides is 2. The fraction of sp³-hybridized carbons (Fsp3) is 0.300. The highest BCUT2D eigenvalue weighted by Crippen LogP contribution is 2.23. The topological polar surface area (TPSA) is 49.4 Å². The van der Waals surface area contributed by atoms with Crippen molar-refractivity contribution in [3.63, 3.8) is 0 Å². The summed E-state index contributed by atoms with van der Waals surface area (Å²) < 4.78 is 0. The van der Waals surface area contributed by atoms with Crippen LogP contribution in [0.15, 0.2) is 48.5 Å². The molecule has 1 aliphatic heterocycles. The zero-order chi connectivity index (χ0) is 17.1. The number of hydrogen-bond donors (Lipinski definition) is 1. The van der Waals surface area contributed by atoms with Crippen LogP contribution in [0.25, 0.3) is 0 Å². The molecule has 0 unspecified atom stereocenters. The quantitative estimate of drug-likeness (QED) is 0.939. The van der Waals surface area contributed by atoms with Crippen molar-refractivity contribution in [2.45, 2.75) is 32.7 Å². The monoisotopic (exact) mass is 322 g/mol. The van der Waals surface area contributed by atoms with Gasteiger partial charge in [-0.15, -0.1) is 0 Å². The molecule has 4 nitrogen and oxygen atoms in total. The average Bonchev–Trinajstić information content (AvgIpc) is 3.04. The standard InChI is InChI=1S/C20H22N2O2/c1-14-7-5-9-16(13-14)21-19(23)18-11-6-12-22(18)20(24)17-10-4-3-8-15(17)2/h3-5,7-10,13,18H,6,11-12H2,1-2H3,(H,21,23)/t18-/m0/s1. The molecule has 0 saturated carbocycles. The summed E-state index contributed by atoms with van der Waals surface area (Å²) in [7, 11) is 0. The number of carbonyl (C=O) groups is 2. The molecule has 2 aromatic rings. The summed E-state index contributed by atoms with van der Waals surface area (Å²) in [4.78, 5) is 27.2. The van der Waals surface area contributed by atoms with Gasteiger partial charge in [-0.25, -0.2) is 0 Å². The molecular weight excluding hydrogens is 300 g/mol. The summed E-state index contributed by atoms with van der Waals surface area (Å²) >= 11 is 0. The Morgan fingerprint density at radius 2 is 1.88 bits per heavy atom. The smallest absolute Gasteiger partial charge is 0.254 e. The SMILES string of the molecule is Cc1cccc(NC(=O)[C@@H]2CCCN2C(=O)c2ccccc2C)c1. The fourth-order valence-electron chi connectivity index (χ4n) is 3.20. The van der Waals surface area contributed by atoms with Crippen molar-refractivity contribution in [3.8, 4) is 0 Å². The second kappa shape index (κ2) is 6.87. The van der Waals surface area contributed by atoms with Gasteiger partial charge in [0.05, 0.1) is 0 Å². The second-order valence-electron chi connectivity index (χ2n) is 6.33. The molecule has 0 bridgehead atoms. The third-order valence-electron chi connectivity index (χ3n) is 4.48. The van der Waals surface area contributed by atoms with Crippen molar-refractivity contribution in [3.05, 3.63) is 65.2 Å². The molecular formula is C20H22N2O2. The molecule has 1 aliphatic rings. The number of rotatable bonds is 3. The maximum atomic E-state index is 12.8. The van der Waals surface area contributed by atoms with Gasteiger partial charge >= 0.3 is 0 Å². The lowest BCUT2D eigenvalue weighted by atomic mass is 10.1. The maximum Gasteiger partial charge on any atom is 0.254 e. The summed E-state index contributed by atoms with van der Waals surface area (Å²) in [5.41, 5.74) is 3.47. The third kappa shape index (κ3) is 3.32. The van der Waals surface area contributed by atoms with E-state index in [1.54, 1.807) is 4.90 Å². The summed E-state index contributed by atoms with van der Waals surface area (Å²) in [6.45, 7) is 4.53. The zero-order valence-corrected chi connectivity index (χ0v) is 14.1. The van der Waals surface area contributed by atoms with Crippen LogP contribution in [0.4, 0.5) is 5.69 Å². The van der Waals surface area contributed by atoms with E-state index in [0.29, 0.717) is 18.5 Å². The molecule has 1 atom stereocenters. The fourth-order valence-corrected chi connectivity index (χ4v) is 3.20. The number of carbonyl (C=O) groups excluding carboxylic acids is 2. The average molecular weight is 322 g/mol. The van der Waals surface area contributed by atoms with Crippen LogP contribution < -0.4 is 5.32 Å². The van der Waals surface area contributed by atoms with Gasteiger partial charge in [0, 0.05) is 17.8 Å². The number of aryl methyl sites for hydroxylation is 2.